The minimum atomic E-state index is 1.11. The van der Waals surface area contributed by atoms with Crippen LogP contribution in [0.4, 0.5) is 0 Å². The maximum atomic E-state index is 2.23. The highest BCUT2D eigenvalue weighted by Gasteiger charge is 2.21. The molecule has 0 nitrogen and oxygen atoms in total. The first-order valence-electron chi connectivity index (χ1n) is 11.6. The van der Waals surface area contributed by atoms with Gasteiger partial charge in [-0.3, -0.25) is 0 Å². The van der Waals surface area contributed by atoms with E-state index in [4.69, 9.17) is 0 Å². The molecule has 0 radical (unpaired) electrons. The van der Waals surface area contributed by atoms with Crippen molar-refractivity contribution in [3.8, 4) is 0 Å². The van der Waals surface area contributed by atoms with Crippen molar-refractivity contribution in [2.45, 2.75) is 135 Å². The van der Waals surface area contributed by atoms with Gasteiger partial charge in [0.05, 0.1) is 0 Å². The third-order valence-electron chi connectivity index (χ3n) is 6.02. The van der Waals surface area contributed by atoms with Crippen LogP contribution in [0.25, 0.3) is 0 Å². The Hall–Kier alpha value is 0.430. The fraction of sp³-hybridized carbons (Fsp3) is 1.00. The molecule has 0 spiro atoms. The Bertz CT molecular complexity index is 204. The second-order valence-corrected chi connectivity index (χ2v) is 9.93. The molecule has 0 N–H and O–H groups in total. The molecule has 0 aromatic carbocycles. The maximum absolute atomic E-state index is 2.23. The third-order valence-corrected chi connectivity index (χ3v) is 7.95. The highest BCUT2D eigenvalue weighted by molar-refractivity contribution is 7.38. The van der Waals surface area contributed by atoms with Gasteiger partial charge in [0.1, 0.15) is 0 Å². The summed E-state index contributed by atoms with van der Waals surface area (Å²) in [5, 5.41) is 0. The summed E-state index contributed by atoms with van der Waals surface area (Å²) in [6.45, 7) is 4.46. The summed E-state index contributed by atoms with van der Waals surface area (Å²) in [5.74, 6) is 1.11. The zero-order valence-electron chi connectivity index (χ0n) is 17.1. The van der Waals surface area contributed by atoms with E-state index < -0.39 is 0 Å². The lowest BCUT2D eigenvalue weighted by atomic mass is 9.90. The third kappa shape index (κ3) is 11.9. The lowest BCUT2D eigenvalue weighted by Gasteiger charge is -2.27. The molecular formula is C23H47P. The van der Waals surface area contributed by atoms with E-state index in [0.29, 0.717) is 0 Å². The molecule has 0 amide bonds. The first-order chi connectivity index (χ1) is 11.9. The van der Waals surface area contributed by atoms with Crippen LogP contribution < -0.4 is 0 Å². The van der Waals surface area contributed by atoms with Crippen molar-refractivity contribution >= 4 is 8.58 Å². The van der Waals surface area contributed by atoms with Crippen LogP contribution in [0.15, 0.2) is 0 Å². The highest BCUT2D eigenvalue weighted by atomic mass is 31.1. The van der Waals surface area contributed by atoms with Crippen LogP contribution >= 0.6 is 8.58 Å². The summed E-state index contributed by atoms with van der Waals surface area (Å²) in [6.07, 6.45) is 28.6. The minimum Gasteiger partial charge on any atom is -0.119 e. The van der Waals surface area contributed by atoms with Gasteiger partial charge >= 0.3 is 0 Å². The van der Waals surface area contributed by atoms with E-state index in [2.05, 4.69) is 13.8 Å². The summed E-state index contributed by atoms with van der Waals surface area (Å²) in [6, 6.07) is 0. The molecule has 1 heterocycles. The van der Waals surface area contributed by atoms with Gasteiger partial charge in [-0.05, 0) is 43.4 Å². The fourth-order valence-electron chi connectivity index (χ4n) is 4.38. The predicted molar refractivity (Wildman–Crippen MR) is 115 cm³/mol. The Kier molecular flexibility index (Phi) is 15.8. The predicted octanol–water partition coefficient (Wildman–Crippen LogP) is 8.72. The van der Waals surface area contributed by atoms with Crippen molar-refractivity contribution in [2.75, 3.05) is 6.16 Å². The van der Waals surface area contributed by atoms with Gasteiger partial charge in [-0.25, -0.2) is 0 Å². The summed E-state index contributed by atoms with van der Waals surface area (Å²) in [5.41, 5.74) is 1.13. The van der Waals surface area contributed by atoms with Crippen molar-refractivity contribution < 1.29 is 0 Å². The molecule has 0 aromatic rings. The Balaban J connectivity index is 0.000000413. The summed E-state index contributed by atoms with van der Waals surface area (Å²) < 4.78 is 0. The SMILES string of the molecule is C1CCCCC(C2CCCCCCCP2)CCC1.CCCCCC. The summed E-state index contributed by atoms with van der Waals surface area (Å²) in [4.78, 5) is 0. The highest BCUT2D eigenvalue weighted by Crippen LogP contribution is 2.38. The molecule has 144 valence electrons. The van der Waals surface area contributed by atoms with Gasteiger partial charge in [0.25, 0.3) is 0 Å². The van der Waals surface area contributed by atoms with Crippen LogP contribution in [-0.4, -0.2) is 11.8 Å². The van der Waals surface area contributed by atoms with Crippen molar-refractivity contribution in [1.82, 2.24) is 0 Å². The molecular weight excluding hydrogens is 307 g/mol. The Morgan fingerprint density at radius 1 is 0.583 bits per heavy atom. The van der Waals surface area contributed by atoms with Gasteiger partial charge in [-0.2, -0.15) is 0 Å². The molecule has 2 unspecified atom stereocenters. The van der Waals surface area contributed by atoms with Gasteiger partial charge in [-0.1, -0.05) is 104 Å². The molecule has 1 aliphatic carbocycles. The quantitative estimate of drug-likeness (QED) is 0.350. The first kappa shape index (κ1) is 22.5. The van der Waals surface area contributed by atoms with Crippen molar-refractivity contribution in [2.24, 2.45) is 5.92 Å². The molecule has 2 fully saturated rings. The van der Waals surface area contributed by atoms with Gasteiger partial charge < -0.3 is 0 Å². The topological polar surface area (TPSA) is 0 Å². The van der Waals surface area contributed by atoms with Crippen LogP contribution in [0, 0.1) is 5.92 Å². The maximum Gasteiger partial charge on any atom is -0.0208 e. The van der Waals surface area contributed by atoms with Gasteiger partial charge in [0, 0.05) is 0 Å². The van der Waals surface area contributed by atoms with Crippen LogP contribution in [0.3, 0.4) is 0 Å². The number of hydrogen-bond donors (Lipinski definition) is 0. The van der Waals surface area contributed by atoms with Crippen molar-refractivity contribution in [1.29, 1.82) is 0 Å². The zero-order valence-corrected chi connectivity index (χ0v) is 18.1. The van der Waals surface area contributed by atoms with Gasteiger partial charge in [0.15, 0.2) is 0 Å². The Labute approximate surface area is 156 Å². The van der Waals surface area contributed by atoms with E-state index in [-0.39, 0.29) is 0 Å². The molecule has 1 heteroatoms. The number of hydrogen-bond acceptors (Lipinski definition) is 0. The zero-order chi connectivity index (χ0) is 17.3. The van der Waals surface area contributed by atoms with Crippen LogP contribution in [0.1, 0.15) is 129 Å². The van der Waals surface area contributed by atoms with Gasteiger partial charge in [-0.15, -0.1) is 8.58 Å². The van der Waals surface area contributed by atoms with E-state index >= 15 is 0 Å². The standard InChI is InChI=1S/C17H33P.C6H14/c1-2-5-9-13-16(12-8-4-1)17-14-10-6-3-7-11-15-18-17;1-3-5-6-4-2/h16-18H,1-15H2;3-6H2,1-2H3. The molecule has 2 aliphatic rings. The Morgan fingerprint density at radius 3 is 1.58 bits per heavy atom. The largest absolute Gasteiger partial charge is 0.119 e. The minimum absolute atomic E-state index is 1.11. The molecule has 2 rings (SSSR count). The fourth-order valence-corrected chi connectivity index (χ4v) is 6.28. The van der Waals surface area contributed by atoms with Gasteiger partial charge in [0.2, 0.25) is 0 Å². The van der Waals surface area contributed by atoms with E-state index in [0.717, 1.165) is 11.6 Å². The second kappa shape index (κ2) is 16.9. The molecule has 1 saturated heterocycles. The monoisotopic (exact) mass is 354 g/mol. The van der Waals surface area contributed by atoms with Crippen molar-refractivity contribution in [3.63, 3.8) is 0 Å². The molecule has 24 heavy (non-hydrogen) atoms. The normalized spacial score (nSPS) is 26.0. The Morgan fingerprint density at radius 2 is 1.04 bits per heavy atom. The molecule has 0 aromatic heterocycles. The van der Waals surface area contributed by atoms with Crippen LogP contribution in [0.5, 0.6) is 0 Å². The average molecular weight is 355 g/mol. The number of unbranched alkanes of at least 4 members (excludes halogenated alkanes) is 3. The molecule has 2 atom stereocenters. The lowest BCUT2D eigenvalue weighted by molar-refractivity contribution is 0.392. The number of rotatable bonds is 4. The summed E-state index contributed by atoms with van der Waals surface area (Å²) in [7, 11) is 1.30. The molecule has 0 bridgehead atoms. The van der Waals surface area contributed by atoms with Crippen molar-refractivity contribution in [3.05, 3.63) is 0 Å². The molecule has 1 aliphatic heterocycles. The second-order valence-electron chi connectivity index (χ2n) is 8.28. The molecule has 1 saturated carbocycles. The first-order valence-corrected chi connectivity index (χ1v) is 12.9. The van der Waals surface area contributed by atoms with E-state index in [1.165, 1.54) is 105 Å². The average Bonchev–Trinajstić information content (AvgIpc) is 2.83. The summed E-state index contributed by atoms with van der Waals surface area (Å²) >= 11 is 0. The van der Waals surface area contributed by atoms with E-state index in [1.807, 2.05) is 0 Å². The lowest BCUT2D eigenvalue weighted by Crippen LogP contribution is -2.17. The smallest absolute Gasteiger partial charge is 0.0208 e. The van der Waals surface area contributed by atoms with E-state index in [9.17, 15) is 0 Å². The van der Waals surface area contributed by atoms with Crippen LogP contribution in [0.2, 0.25) is 0 Å². The van der Waals surface area contributed by atoms with E-state index in [1.54, 1.807) is 25.4 Å². The van der Waals surface area contributed by atoms with Crippen LogP contribution in [-0.2, 0) is 0 Å².